The molecule has 0 unspecified atom stereocenters. The minimum Gasteiger partial charge on any atom is -0.444 e. The molecule has 1 aliphatic carbocycles. The van der Waals surface area contributed by atoms with Crippen LogP contribution in [0.3, 0.4) is 0 Å². The Morgan fingerprint density at radius 1 is 1.02 bits per heavy atom. The molecule has 1 aliphatic heterocycles. The van der Waals surface area contributed by atoms with E-state index in [0.717, 1.165) is 24.3 Å². The standard InChI is InChI=1S/C28H28F7N3O4S/c1-27(2,3)42-26(39)37-11-15(12-37)38-13-20(24(25(31)32)36-43(40,41)16-5-6-16)19-9-22(30)18(10-23(19)38)17-7-4-14(29)8-21(17)28(33,34)35/h4,7-10,13,15-16,24-25,36H,5-6,11-12H2,1-3H3/t24-/m0/s1. The van der Waals surface area contributed by atoms with Gasteiger partial charge in [-0.15, -0.1) is 0 Å². The number of hydrogen-bond donors (Lipinski definition) is 1. The third-order valence-corrected chi connectivity index (χ3v) is 9.21. The van der Waals surface area contributed by atoms with E-state index in [0.29, 0.717) is 12.8 Å². The lowest BCUT2D eigenvalue weighted by Crippen LogP contribution is -2.52. The van der Waals surface area contributed by atoms with Gasteiger partial charge < -0.3 is 14.2 Å². The fourth-order valence-corrected chi connectivity index (χ4v) is 6.58. The summed E-state index contributed by atoms with van der Waals surface area (Å²) in [5.41, 5.74) is -3.74. The van der Waals surface area contributed by atoms with Gasteiger partial charge in [-0.1, -0.05) is 6.07 Å². The van der Waals surface area contributed by atoms with Crippen LogP contribution in [0, 0.1) is 11.6 Å². The zero-order valence-electron chi connectivity index (χ0n) is 23.2. The maximum atomic E-state index is 15.6. The van der Waals surface area contributed by atoms with Crippen LogP contribution < -0.4 is 4.72 Å². The summed E-state index contributed by atoms with van der Waals surface area (Å²) in [4.78, 5) is 13.8. The van der Waals surface area contributed by atoms with Crippen molar-refractivity contribution in [1.29, 1.82) is 0 Å². The second-order valence-corrected chi connectivity index (χ2v) is 13.7. The van der Waals surface area contributed by atoms with Crippen molar-refractivity contribution in [3.8, 4) is 11.1 Å². The van der Waals surface area contributed by atoms with Crippen LogP contribution in [0.4, 0.5) is 35.5 Å². The van der Waals surface area contributed by atoms with Crippen molar-refractivity contribution in [2.75, 3.05) is 13.1 Å². The third kappa shape index (κ3) is 6.33. The quantitative estimate of drug-likeness (QED) is 0.290. The largest absolute Gasteiger partial charge is 0.444 e. The zero-order valence-corrected chi connectivity index (χ0v) is 24.0. The van der Waals surface area contributed by atoms with E-state index in [1.54, 1.807) is 20.8 Å². The smallest absolute Gasteiger partial charge is 0.417 e. The molecule has 0 bridgehead atoms. The maximum Gasteiger partial charge on any atom is 0.417 e. The summed E-state index contributed by atoms with van der Waals surface area (Å²) >= 11 is 0. The van der Waals surface area contributed by atoms with Crippen LogP contribution in [0.15, 0.2) is 36.5 Å². The Kier molecular flexibility index (Phi) is 7.73. The molecular formula is C28H28F7N3O4S. The van der Waals surface area contributed by atoms with E-state index in [-0.39, 0.29) is 35.6 Å². The van der Waals surface area contributed by atoms with Crippen molar-refractivity contribution >= 4 is 27.0 Å². The molecule has 1 saturated heterocycles. The van der Waals surface area contributed by atoms with Gasteiger partial charge in [0.1, 0.15) is 23.3 Å². The van der Waals surface area contributed by atoms with Gasteiger partial charge >= 0.3 is 12.3 Å². The van der Waals surface area contributed by atoms with E-state index in [4.69, 9.17) is 4.74 Å². The van der Waals surface area contributed by atoms with Crippen LogP contribution in [0.1, 0.15) is 56.8 Å². The summed E-state index contributed by atoms with van der Waals surface area (Å²) in [6.07, 6.45) is -7.15. The number of benzene rings is 2. The van der Waals surface area contributed by atoms with Gasteiger partial charge in [-0.05, 0) is 63.4 Å². The van der Waals surface area contributed by atoms with Crippen molar-refractivity contribution < 1.29 is 48.7 Å². The number of halogens is 7. The van der Waals surface area contributed by atoms with E-state index < -0.39 is 80.0 Å². The molecule has 1 amide bonds. The summed E-state index contributed by atoms with van der Waals surface area (Å²) in [7, 11) is -4.14. The first-order valence-electron chi connectivity index (χ1n) is 13.3. The molecule has 2 aromatic carbocycles. The Hall–Kier alpha value is -3.33. The molecule has 7 nitrogen and oxygen atoms in total. The molecule has 0 spiro atoms. The van der Waals surface area contributed by atoms with Gasteiger partial charge in [-0.3, -0.25) is 0 Å². The van der Waals surface area contributed by atoms with E-state index in [1.165, 1.54) is 15.7 Å². The third-order valence-electron chi connectivity index (χ3n) is 7.28. The average molecular weight is 636 g/mol. The minimum atomic E-state index is -5.05. The second-order valence-electron chi connectivity index (χ2n) is 11.7. The number of likely N-dealkylation sites (tertiary alicyclic amines) is 1. The normalized spacial score (nSPS) is 17.4. The molecule has 2 aliphatic rings. The summed E-state index contributed by atoms with van der Waals surface area (Å²) in [6, 6.07) is 0.871. The molecule has 1 atom stereocenters. The molecule has 2 heterocycles. The second kappa shape index (κ2) is 10.7. The van der Waals surface area contributed by atoms with E-state index in [1.807, 2.05) is 4.72 Å². The topological polar surface area (TPSA) is 80.6 Å². The van der Waals surface area contributed by atoms with Crippen molar-refractivity contribution in [3.63, 3.8) is 0 Å². The lowest BCUT2D eigenvalue weighted by molar-refractivity contribution is -0.137. The molecule has 3 aromatic rings. The number of sulfonamides is 1. The molecule has 1 saturated carbocycles. The minimum absolute atomic E-state index is 0.0222. The van der Waals surface area contributed by atoms with Crippen molar-refractivity contribution in [2.24, 2.45) is 0 Å². The van der Waals surface area contributed by atoms with Gasteiger partial charge in [0.05, 0.1) is 16.9 Å². The average Bonchev–Trinajstić information content (AvgIpc) is 3.64. The van der Waals surface area contributed by atoms with E-state index >= 15 is 4.39 Å². The highest BCUT2D eigenvalue weighted by molar-refractivity contribution is 7.90. The van der Waals surface area contributed by atoms with Crippen LogP contribution in [-0.4, -0.2) is 54.3 Å². The maximum absolute atomic E-state index is 15.6. The lowest BCUT2D eigenvalue weighted by atomic mass is 9.96. The van der Waals surface area contributed by atoms with Gasteiger partial charge in [-0.25, -0.2) is 35.5 Å². The first kappa shape index (κ1) is 31.1. The number of fused-ring (bicyclic) bond motifs is 1. The van der Waals surface area contributed by atoms with E-state index in [2.05, 4.69) is 0 Å². The summed E-state index contributed by atoms with van der Waals surface area (Å²) in [6.45, 7) is 5.07. The van der Waals surface area contributed by atoms with Gasteiger partial charge in [0.25, 0.3) is 6.43 Å². The number of carbonyl (C=O) groups is 1. The number of rotatable bonds is 7. The van der Waals surface area contributed by atoms with Crippen LogP contribution >= 0.6 is 0 Å². The number of nitrogens with zero attached hydrogens (tertiary/aromatic N) is 2. The first-order chi connectivity index (χ1) is 19.9. The molecule has 1 aromatic heterocycles. The fraction of sp³-hybridized carbons (Fsp3) is 0.464. The summed E-state index contributed by atoms with van der Waals surface area (Å²) < 4.78 is 133. The Morgan fingerprint density at radius 3 is 2.23 bits per heavy atom. The molecule has 5 rings (SSSR count). The Labute approximate surface area is 242 Å². The number of ether oxygens (including phenoxy) is 1. The number of aromatic nitrogens is 1. The fourth-order valence-electron chi connectivity index (χ4n) is 5.05. The highest BCUT2D eigenvalue weighted by Crippen LogP contribution is 2.42. The summed E-state index contributed by atoms with van der Waals surface area (Å²) in [5.74, 6) is -2.41. The number of carbonyl (C=O) groups excluding carboxylic acids is 1. The SMILES string of the molecule is CC(C)(C)OC(=O)N1CC(n2cc([C@H](NS(=O)(=O)C3CC3)C(F)F)c3cc(F)c(-c4ccc(F)cc4C(F)(F)F)cc32)C1. The molecule has 0 radical (unpaired) electrons. The number of amides is 1. The highest BCUT2D eigenvalue weighted by atomic mass is 32.2. The van der Waals surface area contributed by atoms with Gasteiger partial charge in [0.2, 0.25) is 10.0 Å². The molecule has 15 heteroatoms. The van der Waals surface area contributed by atoms with Gasteiger partial charge in [0, 0.05) is 41.3 Å². The molecule has 2 fully saturated rings. The van der Waals surface area contributed by atoms with Crippen LogP contribution in [-0.2, 0) is 20.9 Å². The number of alkyl halides is 5. The van der Waals surface area contributed by atoms with Gasteiger partial charge in [-0.2, -0.15) is 13.2 Å². The number of hydrogen-bond acceptors (Lipinski definition) is 4. The van der Waals surface area contributed by atoms with Crippen LogP contribution in [0.25, 0.3) is 22.0 Å². The highest BCUT2D eigenvalue weighted by Gasteiger charge is 2.42. The van der Waals surface area contributed by atoms with E-state index in [9.17, 15) is 39.6 Å². The molecule has 1 N–H and O–H groups in total. The summed E-state index contributed by atoms with van der Waals surface area (Å²) in [5, 5.41) is -0.991. The Bertz CT molecular complexity index is 1670. The lowest BCUT2D eigenvalue weighted by Gasteiger charge is -2.40. The van der Waals surface area contributed by atoms with Crippen molar-refractivity contribution in [3.05, 3.63) is 59.3 Å². The molecule has 43 heavy (non-hydrogen) atoms. The Morgan fingerprint density at radius 2 is 1.67 bits per heavy atom. The van der Waals surface area contributed by atoms with Crippen molar-refractivity contribution in [1.82, 2.24) is 14.2 Å². The predicted octanol–water partition coefficient (Wildman–Crippen LogP) is 6.79. The first-order valence-corrected chi connectivity index (χ1v) is 14.9. The van der Waals surface area contributed by atoms with Gasteiger partial charge in [0.15, 0.2) is 0 Å². The molecular weight excluding hydrogens is 607 g/mol. The Balaban J connectivity index is 1.63. The van der Waals surface area contributed by atoms with Crippen molar-refractivity contribution in [2.45, 2.75) is 69.1 Å². The molecule has 234 valence electrons. The van der Waals surface area contributed by atoms with Crippen LogP contribution in [0.2, 0.25) is 0 Å². The van der Waals surface area contributed by atoms with Crippen LogP contribution in [0.5, 0.6) is 0 Å². The predicted molar refractivity (Wildman–Crippen MR) is 143 cm³/mol. The number of nitrogens with one attached hydrogen (secondary N) is 1. The monoisotopic (exact) mass is 635 g/mol. The zero-order chi connectivity index (χ0) is 31.6.